The van der Waals surface area contributed by atoms with Crippen LogP contribution in [-0.2, 0) is 0 Å². The molecule has 0 saturated carbocycles. The van der Waals surface area contributed by atoms with Crippen LogP contribution in [0.1, 0.15) is 10.4 Å². The van der Waals surface area contributed by atoms with Gasteiger partial charge < -0.3 is 10.2 Å². The van der Waals surface area contributed by atoms with Gasteiger partial charge in [0.15, 0.2) is 0 Å². The topological polar surface area (TPSA) is 69.6 Å². The molecule has 0 radical (unpaired) electrons. The van der Waals surface area contributed by atoms with E-state index in [0.717, 1.165) is 12.1 Å². The molecule has 0 amide bonds. The maximum absolute atomic E-state index is 11.7. The lowest BCUT2D eigenvalue weighted by atomic mass is 10.2. The van der Waals surface area contributed by atoms with Crippen LogP contribution in [0.2, 0.25) is 0 Å². The number of hydrogen-bond donors (Lipinski definition) is 3. The van der Waals surface area contributed by atoms with Gasteiger partial charge in [-0.3, -0.25) is 0 Å². The number of anilines is 1. The molecule has 1 aromatic carbocycles. The molecule has 0 aliphatic rings. The average Bonchev–Trinajstić information content (AvgIpc) is 2.03. The first-order chi connectivity index (χ1) is 5.65. The van der Waals surface area contributed by atoms with Gasteiger partial charge in [0.25, 0.3) is 0 Å². The van der Waals surface area contributed by atoms with Gasteiger partial charge in [-0.25, -0.2) is 10.3 Å². The molecule has 1 aromatic rings. The molecule has 0 aliphatic carbocycles. The predicted octanol–water partition coefficient (Wildman–Crippen LogP) is 1.39. The second-order valence-electron chi connectivity index (χ2n) is 2.13. The van der Waals surface area contributed by atoms with E-state index in [1.807, 2.05) is 0 Å². The molecule has 0 aliphatic heterocycles. The Morgan fingerprint density at radius 2 is 2.17 bits per heavy atom. The number of aromatic carboxylic acids is 1. The molecular formula is C7H6FNO3. The summed E-state index contributed by atoms with van der Waals surface area (Å²) in [5.41, 5.74) is 1.04. The fourth-order valence-corrected chi connectivity index (χ4v) is 0.771. The summed E-state index contributed by atoms with van der Waals surface area (Å²) in [6, 6.07) is 3.31. The molecule has 0 unspecified atom stereocenters. The lowest BCUT2D eigenvalue weighted by molar-refractivity contribution is 0.0694. The van der Waals surface area contributed by atoms with Gasteiger partial charge in [-0.05, 0) is 12.1 Å². The molecule has 1 rings (SSSR count). The van der Waals surface area contributed by atoms with Gasteiger partial charge in [0.2, 0.25) is 0 Å². The molecule has 0 spiro atoms. The summed E-state index contributed by atoms with van der Waals surface area (Å²) in [4.78, 5) is 10.3. The van der Waals surface area contributed by atoms with Crippen LogP contribution < -0.4 is 5.54 Å². The third-order valence-corrected chi connectivity index (χ3v) is 1.34. The van der Waals surface area contributed by atoms with Gasteiger partial charge in [-0.15, -0.1) is 4.48 Å². The first-order valence-corrected chi connectivity index (χ1v) is 3.08. The summed E-state index contributed by atoms with van der Waals surface area (Å²) in [7, 11) is 0. The Hall–Kier alpha value is -1.78. The summed E-state index contributed by atoms with van der Waals surface area (Å²) in [6.45, 7) is 0. The van der Waals surface area contributed by atoms with Crippen molar-refractivity contribution in [2.45, 2.75) is 0 Å². The highest BCUT2D eigenvalue weighted by molar-refractivity contribution is 5.91. The van der Waals surface area contributed by atoms with Crippen molar-refractivity contribution in [3.63, 3.8) is 0 Å². The molecular weight excluding hydrogens is 165 g/mol. The van der Waals surface area contributed by atoms with Gasteiger partial charge >= 0.3 is 5.97 Å². The van der Waals surface area contributed by atoms with E-state index >= 15 is 0 Å². The lowest BCUT2D eigenvalue weighted by Gasteiger charge is -2.00. The third-order valence-electron chi connectivity index (χ3n) is 1.34. The van der Waals surface area contributed by atoms with E-state index in [2.05, 4.69) is 0 Å². The van der Waals surface area contributed by atoms with E-state index in [1.165, 1.54) is 11.6 Å². The van der Waals surface area contributed by atoms with Crippen LogP contribution in [0.4, 0.5) is 10.2 Å². The average molecular weight is 171 g/mol. The zero-order valence-electron chi connectivity index (χ0n) is 5.91. The van der Waals surface area contributed by atoms with E-state index in [9.17, 15) is 9.28 Å². The minimum absolute atomic E-state index is 0.0116. The van der Waals surface area contributed by atoms with Crippen molar-refractivity contribution in [1.29, 1.82) is 0 Å². The highest BCUT2D eigenvalue weighted by atomic mass is 19.2. The molecule has 0 heterocycles. The Bertz CT molecular complexity index is 314. The number of carboxylic acids is 1. The van der Waals surface area contributed by atoms with Gasteiger partial charge in [-0.1, -0.05) is 0 Å². The lowest BCUT2D eigenvalue weighted by Crippen LogP contribution is -1.96. The van der Waals surface area contributed by atoms with Gasteiger partial charge in [-0.2, -0.15) is 0 Å². The fraction of sp³-hybridized carbons (Fsp3) is 0. The molecule has 0 bridgehead atoms. The van der Waals surface area contributed by atoms with Crippen molar-refractivity contribution in [2.24, 2.45) is 0 Å². The molecule has 12 heavy (non-hydrogen) atoms. The predicted molar refractivity (Wildman–Crippen MR) is 39.8 cm³/mol. The Kier molecular flexibility index (Phi) is 2.14. The normalized spacial score (nSPS) is 9.42. The van der Waals surface area contributed by atoms with Crippen LogP contribution in [0.3, 0.4) is 0 Å². The van der Waals surface area contributed by atoms with E-state index in [1.54, 1.807) is 0 Å². The number of aromatic hydroxyl groups is 1. The highest BCUT2D eigenvalue weighted by Crippen LogP contribution is 2.21. The minimum Gasteiger partial charge on any atom is -0.507 e. The van der Waals surface area contributed by atoms with Crippen LogP contribution in [0, 0.1) is 0 Å². The van der Waals surface area contributed by atoms with Crippen LogP contribution >= 0.6 is 0 Å². The number of hydrogen-bond acceptors (Lipinski definition) is 3. The zero-order valence-corrected chi connectivity index (χ0v) is 5.91. The summed E-state index contributed by atoms with van der Waals surface area (Å²) >= 11 is 0. The van der Waals surface area contributed by atoms with Crippen LogP contribution in [0.5, 0.6) is 5.75 Å². The van der Waals surface area contributed by atoms with E-state index in [0.29, 0.717) is 0 Å². The van der Waals surface area contributed by atoms with Crippen LogP contribution in [-0.4, -0.2) is 16.2 Å². The van der Waals surface area contributed by atoms with Crippen LogP contribution in [0.15, 0.2) is 18.2 Å². The number of phenols is 1. The summed E-state index contributed by atoms with van der Waals surface area (Å²) in [5.74, 6) is -1.72. The Morgan fingerprint density at radius 1 is 1.50 bits per heavy atom. The first-order valence-electron chi connectivity index (χ1n) is 3.08. The number of carbonyl (C=O) groups is 1. The molecule has 0 saturated heterocycles. The number of carboxylic acid groups (broad SMARTS) is 1. The molecule has 4 nitrogen and oxygen atoms in total. The maximum Gasteiger partial charge on any atom is 0.339 e. The van der Waals surface area contributed by atoms with E-state index in [-0.39, 0.29) is 11.3 Å². The Morgan fingerprint density at radius 3 is 2.58 bits per heavy atom. The summed E-state index contributed by atoms with van der Waals surface area (Å²) in [5, 5.41) is 17.5. The van der Waals surface area contributed by atoms with E-state index < -0.39 is 11.7 Å². The number of halogens is 1. The van der Waals surface area contributed by atoms with E-state index in [4.69, 9.17) is 10.2 Å². The molecule has 5 heteroatoms. The first kappa shape index (κ1) is 8.32. The fourth-order valence-electron chi connectivity index (χ4n) is 0.771. The summed E-state index contributed by atoms with van der Waals surface area (Å²) < 4.78 is 11.7. The highest BCUT2D eigenvalue weighted by Gasteiger charge is 2.08. The molecule has 0 atom stereocenters. The Balaban J connectivity index is 3.12. The van der Waals surface area contributed by atoms with Gasteiger partial charge in [0, 0.05) is 6.07 Å². The minimum atomic E-state index is -1.25. The SMILES string of the molecule is O=C(O)c1ccc(NF)cc1O. The second-order valence-corrected chi connectivity index (χ2v) is 2.13. The van der Waals surface area contributed by atoms with Crippen molar-refractivity contribution in [3.8, 4) is 5.75 Å². The van der Waals surface area contributed by atoms with Crippen LogP contribution in [0.25, 0.3) is 0 Å². The number of benzene rings is 1. The summed E-state index contributed by atoms with van der Waals surface area (Å²) in [6.07, 6.45) is 0. The largest absolute Gasteiger partial charge is 0.507 e. The van der Waals surface area contributed by atoms with Crippen molar-refractivity contribution in [2.75, 3.05) is 5.54 Å². The zero-order chi connectivity index (χ0) is 9.14. The molecule has 0 aromatic heterocycles. The number of nitrogens with one attached hydrogen (secondary N) is 1. The van der Waals surface area contributed by atoms with Crippen molar-refractivity contribution in [1.82, 2.24) is 0 Å². The molecule has 64 valence electrons. The van der Waals surface area contributed by atoms with Gasteiger partial charge in [0.05, 0.1) is 5.69 Å². The quantitative estimate of drug-likeness (QED) is 0.588. The Labute approximate surface area is 67.2 Å². The standard InChI is InChI=1S/C7H6FNO3/c8-9-4-1-2-5(7(11)12)6(10)3-4/h1-3,9-10H,(H,11,12). The molecule has 0 fully saturated rings. The smallest absolute Gasteiger partial charge is 0.339 e. The van der Waals surface area contributed by atoms with Crippen molar-refractivity contribution < 1.29 is 19.5 Å². The van der Waals surface area contributed by atoms with Gasteiger partial charge in [0.1, 0.15) is 11.3 Å². The van der Waals surface area contributed by atoms with Crippen molar-refractivity contribution in [3.05, 3.63) is 23.8 Å². The van der Waals surface area contributed by atoms with Crippen molar-refractivity contribution >= 4 is 11.7 Å². The third kappa shape index (κ3) is 1.45. The monoisotopic (exact) mass is 171 g/mol. The number of rotatable bonds is 2. The molecule has 3 N–H and O–H groups in total. The maximum atomic E-state index is 11.7. The second kappa shape index (κ2) is 3.08.